The van der Waals surface area contributed by atoms with Gasteiger partial charge in [-0.1, -0.05) is 31.5 Å². The maximum absolute atomic E-state index is 9.71. The lowest BCUT2D eigenvalue weighted by Crippen LogP contribution is -2.36. The molecule has 100 valence electrons. The minimum Gasteiger partial charge on any atom is -0.488 e. The minimum absolute atomic E-state index is 0.196. The van der Waals surface area contributed by atoms with Gasteiger partial charge >= 0.3 is 0 Å². The van der Waals surface area contributed by atoms with Crippen molar-refractivity contribution in [2.24, 2.45) is 5.92 Å². The van der Waals surface area contributed by atoms with Crippen molar-refractivity contribution in [2.45, 2.75) is 39.4 Å². The highest BCUT2D eigenvalue weighted by molar-refractivity contribution is 5.40. The molecule has 0 fully saturated rings. The molecule has 2 atom stereocenters. The Morgan fingerprint density at radius 1 is 1.44 bits per heavy atom. The standard InChI is InChI=1S/C15H23NO2/c1-10(2)14(17)9-16-8-13-7-12-6-11(3)4-5-15(12)18-13/h4-6,10,13-14,16-17H,7-9H2,1-3H3. The highest BCUT2D eigenvalue weighted by Crippen LogP contribution is 2.29. The summed E-state index contributed by atoms with van der Waals surface area (Å²) in [5, 5.41) is 13.0. The first-order valence-corrected chi connectivity index (χ1v) is 6.71. The van der Waals surface area contributed by atoms with Crippen molar-refractivity contribution in [1.82, 2.24) is 5.32 Å². The molecular weight excluding hydrogens is 226 g/mol. The summed E-state index contributed by atoms with van der Waals surface area (Å²) < 4.78 is 5.86. The Bertz CT molecular complexity index is 403. The Labute approximate surface area is 109 Å². The molecule has 1 heterocycles. The van der Waals surface area contributed by atoms with Crippen LogP contribution in [-0.4, -0.2) is 30.4 Å². The van der Waals surface area contributed by atoms with E-state index in [0.29, 0.717) is 12.5 Å². The predicted molar refractivity (Wildman–Crippen MR) is 73.0 cm³/mol. The number of rotatable bonds is 5. The molecule has 3 heteroatoms. The zero-order chi connectivity index (χ0) is 13.1. The summed E-state index contributed by atoms with van der Waals surface area (Å²) >= 11 is 0. The van der Waals surface area contributed by atoms with Gasteiger partial charge in [-0.3, -0.25) is 0 Å². The normalized spacial score (nSPS) is 19.7. The van der Waals surface area contributed by atoms with E-state index in [4.69, 9.17) is 4.74 Å². The highest BCUT2D eigenvalue weighted by Gasteiger charge is 2.22. The smallest absolute Gasteiger partial charge is 0.123 e. The van der Waals surface area contributed by atoms with Crippen molar-refractivity contribution in [2.75, 3.05) is 13.1 Å². The van der Waals surface area contributed by atoms with E-state index in [9.17, 15) is 5.11 Å². The second-order valence-electron chi connectivity index (χ2n) is 5.52. The first-order valence-electron chi connectivity index (χ1n) is 6.71. The molecule has 0 spiro atoms. The Balaban J connectivity index is 1.78. The summed E-state index contributed by atoms with van der Waals surface area (Å²) in [7, 11) is 0. The number of hydrogen-bond acceptors (Lipinski definition) is 3. The van der Waals surface area contributed by atoms with Gasteiger partial charge in [-0.05, 0) is 24.5 Å². The minimum atomic E-state index is -0.281. The first kappa shape index (κ1) is 13.4. The maximum Gasteiger partial charge on any atom is 0.123 e. The van der Waals surface area contributed by atoms with Crippen LogP contribution in [0.2, 0.25) is 0 Å². The van der Waals surface area contributed by atoms with Gasteiger partial charge in [-0.2, -0.15) is 0 Å². The van der Waals surface area contributed by atoms with Gasteiger partial charge in [0.15, 0.2) is 0 Å². The lowest BCUT2D eigenvalue weighted by atomic mass is 10.1. The summed E-state index contributed by atoms with van der Waals surface area (Å²) in [6.07, 6.45) is 0.874. The van der Waals surface area contributed by atoms with Crippen molar-refractivity contribution in [1.29, 1.82) is 0 Å². The van der Waals surface area contributed by atoms with Gasteiger partial charge in [0.05, 0.1) is 6.10 Å². The summed E-state index contributed by atoms with van der Waals surface area (Å²) in [5.41, 5.74) is 2.58. The summed E-state index contributed by atoms with van der Waals surface area (Å²) in [4.78, 5) is 0. The summed E-state index contributed by atoms with van der Waals surface area (Å²) in [6.45, 7) is 7.57. The average Bonchev–Trinajstić information content (AvgIpc) is 2.70. The largest absolute Gasteiger partial charge is 0.488 e. The third-order valence-corrected chi connectivity index (χ3v) is 3.45. The third-order valence-electron chi connectivity index (χ3n) is 3.45. The summed E-state index contributed by atoms with van der Waals surface area (Å²) in [6, 6.07) is 6.32. The van der Waals surface area contributed by atoms with E-state index in [1.807, 2.05) is 19.9 Å². The molecule has 0 saturated carbocycles. The molecule has 0 saturated heterocycles. The Morgan fingerprint density at radius 2 is 2.22 bits per heavy atom. The van der Waals surface area contributed by atoms with Crippen LogP contribution in [0.25, 0.3) is 0 Å². The third kappa shape index (κ3) is 3.24. The van der Waals surface area contributed by atoms with E-state index in [1.54, 1.807) is 0 Å². The van der Waals surface area contributed by atoms with Crippen molar-refractivity contribution >= 4 is 0 Å². The van der Waals surface area contributed by atoms with Gasteiger partial charge in [0.2, 0.25) is 0 Å². The SMILES string of the molecule is Cc1ccc2c(c1)CC(CNCC(O)C(C)C)O2. The molecule has 2 rings (SSSR count). The summed E-state index contributed by atoms with van der Waals surface area (Å²) in [5.74, 6) is 1.30. The van der Waals surface area contributed by atoms with E-state index in [1.165, 1.54) is 11.1 Å². The zero-order valence-corrected chi connectivity index (χ0v) is 11.4. The molecular formula is C15H23NO2. The lowest BCUT2D eigenvalue weighted by molar-refractivity contribution is 0.118. The Kier molecular flexibility index (Phi) is 4.25. The molecule has 0 aliphatic carbocycles. The van der Waals surface area contributed by atoms with Crippen LogP contribution >= 0.6 is 0 Å². The van der Waals surface area contributed by atoms with Crippen molar-refractivity contribution in [3.8, 4) is 5.75 Å². The van der Waals surface area contributed by atoms with E-state index in [-0.39, 0.29) is 12.2 Å². The van der Waals surface area contributed by atoms with E-state index >= 15 is 0 Å². The molecule has 1 aromatic carbocycles. The van der Waals surface area contributed by atoms with Crippen LogP contribution in [0.1, 0.15) is 25.0 Å². The number of hydrogen-bond donors (Lipinski definition) is 2. The van der Waals surface area contributed by atoms with Gasteiger partial charge in [0, 0.05) is 19.5 Å². The molecule has 3 nitrogen and oxygen atoms in total. The molecule has 0 aromatic heterocycles. The van der Waals surface area contributed by atoms with Crippen LogP contribution in [0, 0.1) is 12.8 Å². The number of aliphatic hydroxyl groups is 1. The van der Waals surface area contributed by atoms with Crippen LogP contribution in [0.3, 0.4) is 0 Å². The quantitative estimate of drug-likeness (QED) is 0.837. The van der Waals surface area contributed by atoms with Gasteiger partial charge < -0.3 is 15.2 Å². The fourth-order valence-corrected chi connectivity index (χ4v) is 2.19. The molecule has 1 aliphatic rings. The fraction of sp³-hybridized carbons (Fsp3) is 0.600. The number of nitrogens with one attached hydrogen (secondary N) is 1. The predicted octanol–water partition coefficient (Wildman–Crippen LogP) is 1.91. The van der Waals surface area contributed by atoms with Gasteiger partial charge in [0.1, 0.15) is 11.9 Å². The van der Waals surface area contributed by atoms with Crippen LogP contribution in [-0.2, 0) is 6.42 Å². The van der Waals surface area contributed by atoms with Gasteiger partial charge in [-0.25, -0.2) is 0 Å². The number of benzene rings is 1. The number of aliphatic hydroxyl groups excluding tert-OH is 1. The van der Waals surface area contributed by atoms with Gasteiger partial charge in [-0.15, -0.1) is 0 Å². The molecule has 0 radical (unpaired) electrons. The molecule has 2 N–H and O–H groups in total. The number of aryl methyl sites for hydroxylation is 1. The van der Waals surface area contributed by atoms with Crippen molar-refractivity contribution in [3.05, 3.63) is 29.3 Å². The van der Waals surface area contributed by atoms with E-state index in [2.05, 4.69) is 24.4 Å². The highest BCUT2D eigenvalue weighted by atomic mass is 16.5. The average molecular weight is 249 g/mol. The topological polar surface area (TPSA) is 41.5 Å². The molecule has 1 aromatic rings. The molecule has 0 amide bonds. The van der Waals surface area contributed by atoms with E-state index < -0.39 is 0 Å². The van der Waals surface area contributed by atoms with Crippen molar-refractivity contribution in [3.63, 3.8) is 0 Å². The fourth-order valence-electron chi connectivity index (χ4n) is 2.19. The Hall–Kier alpha value is -1.06. The van der Waals surface area contributed by atoms with E-state index in [0.717, 1.165) is 18.7 Å². The zero-order valence-electron chi connectivity index (χ0n) is 11.4. The number of fused-ring (bicyclic) bond motifs is 1. The van der Waals surface area contributed by atoms with Crippen molar-refractivity contribution < 1.29 is 9.84 Å². The van der Waals surface area contributed by atoms with Crippen LogP contribution < -0.4 is 10.1 Å². The second-order valence-corrected chi connectivity index (χ2v) is 5.52. The van der Waals surface area contributed by atoms with Gasteiger partial charge in [0.25, 0.3) is 0 Å². The number of ether oxygens (including phenoxy) is 1. The monoisotopic (exact) mass is 249 g/mol. The van der Waals surface area contributed by atoms with Crippen LogP contribution in [0.4, 0.5) is 0 Å². The maximum atomic E-state index is 9.71. The molecule has 2 unspecified atom stereocenters. The second kappa shape index (κ2) is 5.72. The van der Waals surface area contributed by atoms with Crippen LogP contribution in [0.15, 0.2) is 18.2 Å². The first-order chi connectivity index (χ1) is 8.56. The van der Waals surface area contributed by atoms with Crippen LogP contribution in [0.5, 0.6) is 5.75 Å². The molecule has 1 aliphatic heterocycles. The lowest BCUT2D eigenvalue weighted by Gasteiger charge is -2.17. The Morgan fingerprint density at radius 3 is 2.94 bits per heavy atom. The molecule has 0 bridgehead atoms. The molecule has 18 heavy (non-hydrogen) atoms.